The van der Waals surface area contributed by atoms with Gasteiger partial charge in [0.25, 0.3) is 5.91 Å². The van der Waals surface area contributed by atoms with Crippen molar-refractivity contribution in [2.24, 2.45) is 10.9 Å². The topological polar surface area (TPSA) is 73.8 Å². The second-order valence-corrected chi connectivity index (χ2v) is 4.69. The number of aliphatic imine (C=N–C) groups is 1. The predicted octanol–water partition coefficient (Wildman–Crippen LogP) is -0.290. The molecule has 2 amide bonds. The first-order valence-electron chi connectivity index (χ1n) is 6.61. The van der Waals surface area contributed by atoms with Crippen molar-refractivity contribution in [3.63, 3.8) is 0 Å². The van der Waals surface area contributed by atoms with Crippen molar-refractivity contribution >= 4 is 17.8 Å². The Kier molecular flexibility index (Phi) is 4.30. The molecule has 0 aromatic carbocycles. The van der Waals surface area contributed by atoms with Gasteiger partial charge in [-0.15, -0.1) is 0 Å². The van der Waals surface area contributed by atoms with Gasteiger partial charge in [0, 0.05) is 19.6 Å². The van der Waals surface area contributed by atoms with E-state index in [-0.39, 0.29) is 11.8 Å². The molecule has 1 saturated heterocycles. The van der Waals surface area contributed by atoms with E-state index in [2.05, 4.69) is 15.6 Å². The Labute approximate surface area is 107 Å². The van der Waals surface area contributed by atoms with Crippen LogP contribution >= 0.6 is 0 Å². The van der Waals surface area contributed by atoms with Gasteiger partial charge in [0.2, 0.25) is 11.9 Å². The maximum atomic E-state index is 11.9. The van der Waals surface area contributed by atoms with E-state index in [1.807, 2.05) is 11.8 Å². The Balaban J connectivity index is 2.07. The first-order chi connectivity index (χ1) is 8.72. The average Bonchev–Trinajstić information content (AvgIpc) is 2.62. The molecule has 0 saturated carbocycles. The fourth-order valence-corrected chi connectivity index (χ4v) is 2.27. The number of carbonyl (C=O) groups is 2. The minimum Gasteiger partial charge on any atom is -0.341 e. The highest BCUT2D eigenvalue weighted by Crippen LogP contribution is 2.13. The molecule has 0 aromatic rings. The zero-order valence-electron chi connectivity index (χ0n) is 10.7. The summed E-state index contributed by atoms with van der Waals surface area (Å²) in [7, 11) is 0. The van der Waals surface area contributed by atoms with Crippen molar-refractivity contribution in [2.75, 3.05) is 26.2 Å². The molecule has 18 heavy (non-hydrogen) atoms. The van der Waals surface area contributed by atoms with Crippen molar-refractivity contribution in [1.29, 1.82) is 0 Å². The van der Waals surface area contributed by atoms with Crippen LogP contribution in [0, 0.1) is 5.92 Å². The molecule has 1 fully saturated rings. The van der Waals surface area contributed by atoms with Crippen LogP contribution in [0.4, 0.5) is 0 Å². The molecule has 1 atom stereocenters. The maximum Gasteiger partial charge on any atom is 0.261 e. The highest BCUT2D eigenvalue weighted by atomic mass is 16.2. The van der Waals surface area contributed by atoms with Gasteiger partial charge in [-0.05, 0) is 19.4 Å². The molecule has 0 bridgehead atoms. The molecule has 2 aliphatic rings. The monoisotopic (exact) mass is 252 g/mol. The van der Waals surface area contributed by atoms with Crippen LogP contribution in [0.1, 0.15) is 26.2 Å². The van der Waals surface area contributed by atoms with Crippen LogP contribution in [0.5, 0.6) is 0 Å². The molecule has 100 valence electrons. The van der Waals surface area contributed by atoms with Crippen LogP contribution in [0.2, 0.25) is 0 Å². The number of hydrogen-bond acceptors (Lipinski definition) is 4. The first kappa shape index (κ1) is 13.0. The fraction of sp³-hybridized carbons (Fsp3) is 0.750. The smallest absolute Gasteiger partial charge is 0.261 e. The van der Waals surface area contributed by atoms with E-state index in [0.29, 0.717) is 12.4 Å². The summed E-state index contributed by atoms with van der Waals surface area (Å²) in [6, 6.07) is 0. The summed E-state index contributed by atoms with van der Waals surface area (Å²) in [6.07, 6.45) is 2.37. The molecule has 2 rings (SSSR count). The number of rotatable bonds is 2. The summed E-state index contributed by atoms with van der Waals surface area (Å²) >= 11 is 0. The zero-order valence-corrected chi connectivity index (χ0v) is 10.7. The van der Waals surface area contributed by atoms with Crippen molar-refractivity contribution < 1.29 is 9.59 Å². The molecule has 0 aliphatic carbocycles. The third kappa shape index (κ3) is 2.87. The molecule has 2 heterocycles. The van der Waals surface area contributed by atoms with Crippen molar-refractivity contribution in [2.45, 2.75) is 26.2 Å². The van der Waals surface area contributed by atoms with Gasteiger partial charge in [0.15, 0.2) is 0 Å². The van der Waals surface area contributed by atoms with Gasteiger partial charge in [-0.25, -0.2) is 0 Å². The third-order valence-electron chi connectivity index (χ3n) is 3.28. The number of guanidine groups is 1. The van der Waals surface area contributed by atoms with Crippen molar-refractivity contribution in [1.82, 2.24) is 15.5 Å². The molecule has 6 nitrogen and oxygen atoms in total. The Morgan fingerprint density at radius 3 is 2.89 bits per heavy atom. The van der Waals surface area contributed by atoms with E-state index in [0.717, 1.165) is 39.0 Å². The van der Waals surface area contributed by atoms with Gasteiger partial charge in [0.1, 0.15) is 5.92 Å². The molecule has 2 aliphatic heterocycles. The maximum absolute atomic E-state index is 11.9. The molecule has 0 aromatic heterocycles. The minimum atomic E-state index is -0.594. The lowest BCUT2D eigenvalue weighted by Crippen LogP contribution is -2.52. The fourth-order valence-electron chi connectivity index (χ4n) is 2.27. The SMILES string of the molecule is CCCC1C(=O)N=C(N2CCCNCC2)NC1=O. The summed E-state index contributed by atoms with van der Waals surface area (Å²) in [5.41, 5.74) is 0. The van der Waals surface area contributed by atoms with Crippen LogP contribution in [0.25, 0.3) is 0 Å². The summed E-state index contributed by atoms with van der Waals surface area (Å²) in [5.74, 6) is -0.665. The normalized spacial score (nSPS) is 25.5. The molecular formula is C12H20N4O2. The highest BCUT2D eigenvalue weighted by Gasteiger charge is 2.32. The van der Waals surface area contributed by atoms with Gasteiger partial charge in [-0.3, -0.25) is 14.9 Å². The van der Waals surface area contributed by atoms with Gasteiger partial charge >= 0.3 is 0 Å². The van der Waals surface area contributed by atoms with Crippen LogP contribution < -0.4 is 10.6 Å². The average molecular weight is 252 g/mol. The molecule has 1 unspecified atom stereocenters. The summed E-state index contributed by atoms with van der Waals surface area (Å²) in [5, 5.41) is 6.04. The van der Waals surface area contributed by atoms with E-state index >= 15 is 0 Å². The van der Waals surface area contributed by atoms with Gasteiger partial charge in [-0.2, -0.15) is 4.99 Å². The van der Waals surface area contributed by atoms with Crippen LogP contribution in [0.3, 0.4) is 0 Å². The standard InChI is InChI=1S/C12H20N4O2/c1-2-4-9-10(17)14-12(15-11(9)18)16-7-3-5-13-6-8-16/h9,13H,2-8H2,1H3,(H,14,15,17,18). The minimum absolute atomic E-state index is 0.205. The van der Waals surface area contributed by atoms with Crippen LogP contribution in [-0.2, 0) is 9.59 Å². The quantitative estimate of drug-likeness (QED) is 0.662. The Morgan fingerprint density at radius 2 is 2.17 bits per heavy atom. The highest BCUT2D eigenvalue weighted by molar-refractivity contribution is 6.15. The van der Waals surface area contributed by atoms with Gasteiger partial charge in [-0.1, -0.05) is 13.3 Å². The van der Waals surface area contributed by atoms with E-state index in [1.165, 1.54) is 0 Å². The lowest BCUT2D eigenvalue weighted by Gasteiger charge is -2.28. The number of amides is 2. The summed E-state index contributed by atoms with van der Waals surface area (Å²) in [6.45, 7) is 5.36. The summed E-state index contributed by atoms with van der Waals surface area (Å²) < 4.78 is 0. The molecule has 0 spiro atoms. The number of nitrogens with one attached hydrogen (secondary N) is 2. The molecule has 2 N–H and O–H groups in total. The van der Waals surface area contributed by atoms with Gasteiger partial charge < -0.3 is 10.2 Å². The Morgan fingerprint density at radius 1 is 1.33 bits per heavy atom. The largest absolute Gasteiger partial charge is 0.341 e. The molecular weight excluding hydrogens is 232 g/mol. The second kappa shape index (κ2) is 5.95. The number of nitrogens with zero attached hydrogens (tertiary/aromatic N) is 2. The van der Waals surface area contributed by atoms with E-state index < -0.39 is 5.92 Å². The van der Waals surface area contributed by atoms with E-state index in [4.69, 9.17) is 0 Å². The molecule has 6 heteroatoms. The van der Waals surface area contributed by atoms with Crippen molar-refractivity contribution in [3.8, 4) is 0 Å². The lowest BCUT2D eigenvalue weighted by atomic mass is 10.0. The van der Waals surface area contributed by atoms with Gasteiger partial charge in [0.05, 0.1) is 0 Å². The number of carbonyl (C=O) groups excluding carboxylic acids is 2. The van der Waals surface area contributed by atoms with Crippen molar-refractivity contribution in [3.05, 3.63) is 0 Å². The lowest BCUT2D eigenvalue weighted by molar-refractivity contribution is -0.134. The van der Waals surface area contributed by atoms with E-state index in [1.54, 1.807) is 0 Å². The Bertz CT molecular complexity index is 359. The van der Waals surface area contributed by atoms with Crippen LogP contribution in [-0.4, -0.2) is 48.9 Å². The zero-order chi connectivity index (χ0) is 13.0. The Hall–Kier alpha value is -1.43. The second-order valence-electron chi connectivity index (χ2n) is 4.69. The van der Waals surface area contributed by atoms with Crippen LogP contribution in [0.15, 0.2) is 4.99 Å². The predicted molar refractivity (Wildman–Crippen MR) is 68.0 cm³/mol. The molecule has 0 radical (unpaired) electrons. The van der Waals surface area contributed by atoms with E-state index in [9.17, 15) is 9.59 Å². The summed E-state index contributed by atoms with van der Waals surface area (Å²) in [4.78, 5) is 29.7. The third-order valence-corrected chi connectivity index (χ3v) is 3.28. The number of hydrogen-bond donors (Lipinski definition) is 2. The first-order valence-corrected chi connectivity index (χ1v) is 6.61.